The number of aliphatic hydroxyl groups is 2. The normalized spacial score (nSPS) is 56.0. The van der Waals surface area contributed by atoms with Crippen molar-refractivity contribution < 1.29 is 19.8 Å². The fraction of sp³-hybridized carbons (Fsp3) is 0.895. The highest BCUT2D eigenvalue weighted by atomic mass is 16.3. The molecule has 23 heavy (non-hydrogen) atoms. The van der Waals surface area contributed by atoms with Gasteiger partial charge in [-0.3, -0.25) is 9.59 Å². The highest BCUT2D eigenvalue weighted by molar-refractivity contribution is 5.91. The van der Waals surface area contributed by atoms with Gasteiger partial charge in [0.25, 0.3) is 0 Å². The van der Waals surface area contributed by atoms with Crippen LogP contribution in [0.25, 0.3) is 0 Å². The van der Waals surface area contributed by atoms with Crippen LogP contribution in [-0.4, -0.2) is 33.5 Å². The van der Waals surface area contributed by atoms with E-state index in [-0.39, 0.29) is 40.8 Å². The first-order chi connectivity index (χ1) is 10.7. The molecule has 4 saturated carbocycles. The molecule has 0 spiro atoms. The summed E-state index contributed by atoms with van der Waals surface area (Å²) in [5.41, 5.74) is -1.94. The Kier molecular flexibility index (Phi) is 3.20. The molecule has 0 heterocycles. The van der Waals surface area contributed by atoms with Gasteiger partial charge in [-0.1, -0.05) is 13.8 Å². The van der Waals surface area contributed by atoms with Crippen LogP contribution >= 0.6 is 0 Å². The average Bonchev–Trinajstić information content (AvgIpc) is 2.76. The second kappa shape index (κ2) is 4.66. The Morgan fingerprint density at radius 2 is 1.87 bits per heavy atom. The van der Waals surface area contributed by atoms with Gasteiger partial charge >= 0.3 is 0 Å². The van der Waals surface area contributed by atoms with Crippen molar-refractivity contribution in [3.05, 3.63) is 0 Å². The Hall–Kier alpha value is -0.740. The number of carbonyl (C=O) groups is 2. The van der Waals surface area contributed by atoms with Crippen molar-refractivity contribution in [1.82, 2.24) is 0 Å². The Balaban J connectivity index is 1.77. The molecule has 4 fully saturated rings. The topological polar surface area (TPSA) is 74.6 Å². The van der Waals surface area contributed by atoms with Crippen molar-refractivity contribution in [3.8, 4) is 0 Å². The number of hydrogen-bond acceptors (Lipinski definition) is 4. The summed E-state index contributed by atoms with van der Waals surface area (Å²) in [5.74, 6) is 0.538. The number of Topliss-reactive ketones (excluding diaryl/α,β-unsaturated/α-hetero) is 2. The lowest BCUT2D eigenvalue weighted by Gasteiger charge is -2.63. The second-order valence-electron chi connectivity index (χ2n) is 9.26. The summed E-state index contributed by atoms with van der Waals surface area (Å²) in [6.45, 7) is 4.16. The van der Waals surface area contributed by atoms with Crippen LogP contribution in [0.5, 0.6) is 0 Å². The molecule has 4 aliphatic carbocycles. The summed E-state index contributed by atoms with van der Waals surface area (Å²) < 4.78 is 0. The van der Waals surface area contributed by atoms with E-state index in [9.17, 15) is 19.8 Å². The first-order valence-electron chi connectivity index (χ1n) is 9.16. The molecule has 0 bridgehead atoms. The first-order valence-corrected chi connectivity index (χ1v) is 9.16. The standard InChI is InChI=1S/C19H28O4/c1-17-9-13(21)8-15(17)14-4-3-11-7-12(20)5-6-18(11,2)19(14,23)16(22)10-17/h11,13-15,21,23H,3-10H2,1-2H3/t11-,13?,14?,15?,17?,18?,19-/m0/s1. The molecule has 0 aliphatic heterocycles. The number of aliphatic hydroxyl groups excluding tert-OH is 1. The van der Waals surface area contributed by atoms with Gasteiger partial charge in [0.15, 0.2) is 5.78 Å². The van der Waals surface area contributed by atoms with Crippen LogP contribution in [0.3, 0.4) is 0 Å². The van der Waals surface area contributed by atoms with Crippen LogP contribution in [0.1, 0.15) is 65.2 Å². The maximum atomic E-state index is 13.1. The van der Waals surface area contributed by atoms with Gasteiger partial charge in [-0.2, -0.15) is 0 Å². The summed E-state index contributed by atoms with van der Waals surface area (Å²) in [6.07, 6.45) is 4.76. The predicted molar refractivity (Wildman–Crippen MR) is 84.6 cm³/mol. The Bertz CT molecular complexity index is 572. The highest BCUT2D eigenvalue weighted by Crippen LogP contribution is 2.66. The molecule has 4 rings (SSSR count). The average molecular weight is 320 g/mol. The zero-order chi connectivity index (χ0) is 16.6. The number of fused-ring (bicyclic) bond motifs is 5. The summed E-state index contributed by atoms with van der Waals surface area (Å²) in [7, 11) is 0. The molecule has 0 saturated heterocycles. The lowest BCUT2D eigenvalue weighted by atomic mass is 9.42. The monoisotopic (exact) mass is 320 g/mol. The summed E-state index contributed by atoms with van der Waals surface area (Å²) in [4.78, 5) is 25.0. The zero-order valence-corrected chi connectivity index (χ0v) is 14.2. The first kappa shape index (κ1) is 15.8. The van der Waals surface area contributed by atoms with E-state index in [1.165, 1.54) is 0 Å². The third kappa shape index (κ3) is 1.85. The van der Waals surface area contributed by atoms with Crippen molar-refractivity contribution in [2.45, 2.75) is 76.9 Å². The molecule has 4 aliphatic rings. The number of carbonyl (C=O) groups excluding carboxylic acids is 2. The minimum atomic E-state index is -1.30. The molecule has 0 aromatic heterocycles. The van der Waals surface area contributed by atoms with Gasteiger partial charge in [-0.15, -0.1) is 0 Å². The van der Waals surface area contributed by atoms with E-state index in [1.807, 2.05) is 6.92 Å². The molecule has 0 aromatic rings. The quantitative estimate of drug-likeness (QED) is 0.718. The van der Waals surface area contributed by atoms with E-state index in [1.54, 1.807) is 0 Å². The molecular weight excluding hydrogens is 292 g/mol. The minimum absolute atomic E-state index is 0.0306. The largest absolute Gasteiger partial charge is 0.393 e. The molecule has 7 atom stereocenters. The molecule has 0 aromatic carbocycles. The van der Waals surface area contributed by atoms with Gasteiger partial charge in [0.05, 0.1) is 6.10 Å². The molecular formula is C19H28O4. The second-order valence-corrected chi connectivity index (χ2v) is 9.26. The summed E-state index contributed by atoms with van der Waals surface area (Å²) >= 11 is 0. The SMILES string of the molecule is CC12CC(=O)[C@@]3(O)C(CC[C@H]4CC(=O)CCC43C)C1CC(O)C2. The smallest absolute Gasteiger partial charge is 0.165 e. The fourth-order valence-corrected chi connectivity index (χ4v) is 6.86. The Morgan fingerprint density at radius 3 is 2.61 bits per heavy atom. The van der Waals surface area contributed by atoms with Crippen LogP contribution < -0.4 is 0 Å². The van der Waals surface area contributed by atoms with Crippen molar-refractivity contribution in [1.29, 1.82) is 0 Å². The molecule has 128 valence electrons. The lowest BCUT2D eigenvalue weighted by molar-refractivity contribution is -0.220. The van der Waals surface area contributed by atoms with Crippen molar-refractivity contribution in [3.63, 3.8) is 0 Å². The van der Waals surface area contributed by atoms with Crippen LogP contribution in [0.4, 0.5) is 0 Å². The fourth-order valence-electron chi connectivity index (χ4n) is 6.86. The summed E-state index contributed by atoms with van der Waals surface area (Å²) in [6, 6.07) is 0. The van der Waals surface area contributed by atoms with Gasteiger partial charge in [0.1, 0.15) is 11.4 Å². The van der Waals surface area contributed by atoms with E-state index in [4.69, 9.17) is 0 Å². The van der Waals surface area contributed by atoms with E-state index in [0.29, 0.717) is 38.5 Å². The van der Waals surface area contributed by atoms with Crippen molar-refractivity contribution in [2.75, 3.05) is 0 Å². The molecule has 0 radical (unpaired) electrons. The van der Waals surface area contributed by atoms with Crippen LogP contribution in [-0.2, 0) is 9.59 Å². The number of hydrogen-bond donors (Lipinski definition) is 2. The molecule has 5 unspecified atom stereocenters. The van der Waals surface area contributed by atoms with Gasteiger partial charge in [0.2, 0.25) is 0 Å². The lowest BCUT2D eigenvalue weighted by Crippen LogP contribution is -2.69. The van der Waals surface area contributed by atoms with Crippen molar-refractivity contribution in [2.24, 2.45) is 28.6 Å². The van der Waals surface area contributed by atoms with Gasteiger partial charge < -0.3 is 10.2 Å². The summed E-state index contributed by atoms with van der Waals surface area (Å²) in [5, 5.41) is 21.9. The van der Waals surface area contributed by atoms with E-state index in [0.717, 1.165) is 12.8 Å². The van der Waals surface area contributed by atoms with Gasteiger partial charge in [-0.05, 0) is 55.3 Å². The van der Waals surface area contributed by atoms with E-state index < -0.39 is 11.0 Å². The third-order valence-electron chi connectivity index (χ3n) is 8.13. The molecule has 4 heteroatoms. The van der Waals surface area contributed by atoms with E-state index >= 15 is 0 Å². The van der Waals surface area contributed by atoms with Crippen LogP contribution in [0.15, 0.2) is 0 Å². The molecule has 0 amide bonds. The molecule has 4 nitrogen and oxygen atoms in total. The van der Waals surface area contributed by atoms with Crippen molar-refractivity contribution >= 4 is 11.6 Å². The van der Waals surface area contributed by atoms with Crippen LogP contribution in [0.2, 0.25) is 0 Å². The molecule has 2 N–H and O–H groups in total. The zero-order valence-electron chi connectivity index (χ0n) is 14.2. The number of rotatable bonds is 0. The Morgan fingerprint density at radius 1 is 1.13 bits per heavy atom. The highest BCUT2D eigenvalue weighted by Gasteiger charge is 2.69. The van der Waals surface area contributed by atoms with Gasteiger partial charge in [0, 0.05) is 24.7 Å². The van der Waals surface area contributed by atoms with E-state index in [2.05, 4.69) is 6.92 Å². The third-order valence-corrected chi connectivity index (χ3v) is 8.13. The van der Waals surface area contributed by atoms with Gasteiger partial charge in [-0.25, -0.2) is 0 Å². The predicted octanol–water partition coefficient (Wildman–Crippen LogP) is 2.25. The number of ketones is 2. The maximum Gasteiger partial charge on any atom is 0.165 e. The maximum absolute atomic E-state index is 13.1. The van der Waals surface area contributed by atoms with Crippen LogP contribution in [0, 0.1) is 28.6 Å². The Labute approximate surface area is 137 Å². The minimum Gasteiger partial charge on any atom is -0.393 e.